The molecular formula is C10H20NNaO4S. The second-order valence-corrected chi connectivity index (χ2v) is 5.33. The molecule has 0 fully saturated rings. The summed E-state index contributed by atoms with van der Waals surface area (Å²) in [6.07, 6.45) is 5.12. The Morgan fingerprint density at radius 3 is 2.18 bits per heavy atom. The first-order valence-electron chi connectivity index (χ1n) is 5.34. The molecule has 0 aromatic carbocycles. The fraction of sp³-hybridized carbons (Fsp3) is 0.900. The van der Waals surface area contributed by atoms with Crippen LogP contribution in [0, 0.1) is 11.3 Å². The first-order chi connectivity index (χ1) is 7.02. The zero-order valence-corrected chi connectivity index (χ0v) is 13.4. The summed E-state index contributed by atoms with van der Waals surface area (Å²) in [6.45, 7) is 2.10. The maximum Gasteiger partial charge on any atom is 1.00 e. The van der Waals surface area contributed by atoms with Gasteiger partial charge in [-0.2, -0.15) is 5.26 Å². The maximum absolute atomic E-state index is 10.7. The molecule has 0 amide bonds. The Kier molecular flexibility index (Phi) is 17.0. The van der Waals surface area contributed by atoms with Crippen molar-refractivity contribution >= 4 is 10.1 Å². The van der Waals surface area contributed by atoms with E-state index >= 15 is 0 Å². The van der Waals surface area contributed by atoms with Gasteiger partial charge in [0.1, 0.15) is 0 Å². The molecule has 0 aliphatic heterocycles. The first kappa shape index (κ1) is 22.5. The van der Waals surface area contributed by atoms with Crippen molar-refractivity contribution in [1.29, 1.82) is 5.26 Å². The summed E-state index contributed by atoms with van der Waals surface area (Å²) in [4.78, 5) is 0. The number of rotatable bonds is 8. The van der Waals surface area contributed by atoms with Crippen LogP contribution < -0.4 is 29.6 Å². The predicted molar refractivity (Wildman–Crippen MR) is 60.7 cm³/mol. The predicted octanol–water partition coefficient (Wildman–Crippen LogP) is -1.65. The monoisotopic (exact) mass is 273 g/mol. The van der Waals surface area contributed by atoms with Crippen molar-refractivity contribution in [3.05, 3.63) is 0 Å². The van der Waals surface area contributed by atoms with E-state index in [0.29, 0.717) is 12.8 Å². The van der Waals surface area contributed by atoms with Crippen LogP contribution in [0.5, 0.6) is 0 Å². The Labute approximate surface area is 126 Å². The molecule has 0 aromatic rings. The van der Waals surface area contributed by atoms with Gasteiger partial charge in [-0.25, -0.2) is 8.42 Å². The van der Waals surface area contributed by atoms with Crippen LogP contribution in [0.1, 0.15) is 51.9 Å². The van der Waals surface area contributed by atoms with Crippen LogP contribution in [-0.4, -0.2) is 23.7 Å². The van der Waals surface area contributed by atoms with E-state index in [1.807, 2.05) is 0 Å². The average Bonchev–Trinajstić information content (AvgIpc) is 2.14. The average molecular weight is 273 g/mol. The number of nitriles is 1. The van der Waals surface area contributed by atoms with Crippen LogP contribution in [0.25, 0.3) is 0 Å². The van der Waals surface area contributed by atoms with Gasteiger partial charge in [-0.05, 0) is 6.42 Å². The SMILES string of the molecule is CCCCCCCC(CC#N)S(=O)(=O)[O-].O.[Na+]. The molecule has 0 bridgehead atoms. The van der Waals surface area contributed by atoms with Crippen molar-refractivity contribution in [3.8, 4) is 6.07 Å². The van der Waals surface area contributed by atoms with Crippen molar-refractivity contribution in [3.63, 3.8) is 0 Å². The Bertz CT molecular complexity index is 300. The van der Waals surface area contributed by atoms with Gasteiger partial charge >= 0.3 is 29.6 Å². The fourth-order valence-electron chi connectivity index (χ4n) is 1.43. The van der Waals surface area contributed by atoms with Gasteiger partial charge in [-0.3, -0.25) is 0 Å². The van der Waals surface area contributed by atoms with Crippen LogP contribution >= 0.6 is 0 Å². The van der Waals surface area contributed by atoms with Gasteiger partial charge in [0.15, 0.2) is 0 Å². The molecule has 1 unspecified atom stereocenters. The van der Waals surface area contributed by atoms with Crippen molar-refractivity contribution in [2.75, 3.05) is 0 Å². The van der Waals surface area contributed by atoms with E-state index < -0.39 is 15.4 Å². The van der Waals surface area contributed by atoms with Crippen molar-refractivity contribution in [2.45, 2.75) is 57.1 Å². The molecule has 0 saturated heterocycles. The molecule has 17 heavy (non-hydrogen) atoms. The summed E-state index contributed by atoms with van der Waals surface area (Å²) in [5.74, 6) is 0. The molecule has 0 rings (SSSR count). The van der Waals surface area contributed by atoms with Gasteiger partial charge in [0, 0.05) is 0 Å². The first-order valence-corrected chi connectivity index (χ1v) is 6.81. The van der Waals surface area contributed by atoms with Gasteiger partial charge < -0.3 is 10.0 Å². The van der Waals surface area contributed by atoms with Crippen LogP contribution in [0.3, 0.4) is 0 Å². The summed E-state index contributed by atoms with van der Waals surface area (Å²) < 4.78 is 32.2. The summed E-state index contributed by atoms with van der Waals surface area (Å²) in [7, 11) is -4.29. The van der Waals surface area contributed by atoms with Crippen molar-refractivity contribution in [2.24, 2.45) is 0 Å². The van der Waals surface area contributed by atoms with E-state index in [4.69, 9.17) is 5.26 Å². The molecule has 0 radical (unpaired) electrons. The second kappa shape index (κ2) is 12.8. The minimum atomic E-state index is -4.29. The molecule has 2 N–H and O–H groups in total. The molecule has 7 heteroatoms. The minimum absolute atomic E-state index is 0. The number of hydrogen-bond acceptors (Lipinski definition) is 4. The van der Waals surface area contributed by atoms with E-state index in [1.54, 1.807) is 6.07 Å². The Balaban J connectivity index is -0.000000980. The Morgan fingerprint density at radius 1 is 1.24 bits per heavy atom. The third-order valence-corrected chi connectivity index (χ3v) is 3.58. The van der Waals surface area contributed by atoms with Crippen molar-refractivity contribution < 1.29 is 48.0 Å². The summed E-state index contributed by atoms with van der Waals surface area (Å²) >= 11 is 0. The van der Waals surface area contributed by atoms with Gasteiger partial charge in [-0.15, -0.1) is 0 Å². The molecular weight excluding hydrogens is 253 g/mol. The van der Waals surface area contributed by atoms with Crippen LogP contribution in [0.2, 0.25) is 0 Å². The second-order valence-electron chi connectivity index (χ2n) is 3.68. The molecule has 96 valence electrons. The normalized spacial score (nSPS) is 11.8. The van der Waals surface area contributed by atoms with E-state index in [2.05, 4.69) is 6.92 Å². The molecule has 0 heterocycles. The molecule has 1 atom stereocenters. The maximum atomic E-state index is 10.7. The standard InChI is InChI=1S/C10H19NO3S.Na.H2O/c1-2-3-4-5-6-7-10(8-9-11)15(12,13)14;;/h10H,2-8H2,1H3,(H,12,13,14);;1H2/q;+1;/p-1. The molecule has 5 nitrogen and oxygen atoms in total. The molecule has 0 aromatic heterocycles. The Hall–Kier alpha value is 0.360. The summed E-state index contributed by atoms with van der Waals surface area (Å²) in [6, 6.07) is 1.75. The van der Waals surface area contributed by atoms with E-state index in [9.17, 15) is 13.0 Å². The molecule has 0 aliphatic carbocycles. The Morgan fingerprint density at radius 2 is 1.76 bits per heavy atom. The van der Waals surface area contributed by atoms with E-state index in [1.165, 1.54) is 0 Å². The van der Waals surface area contributed by atoms with E-state index in [-0.39, 0.29) is 41.5 Å². The van der Waals surface area contributed by atoms with Gasteiger partial charge in [0.25, 0.3) is 0 Å². The fourth-order valence-corrected chi connectivity index (χ4v) is 2.16. The zero-order chi connectivity index (χ0) is 11.7. The van der Waals surface area contributed by atoms with Gasteiger partial charge in [-0.1, -0.05) is 39.0 Å². The van der Waals surface area contributed by atoms with Crippen molar-refractivity contribution in [1.82, 2.24) is 0 Å². The third kappa shape index (κ3) is 12.6. The molecule has 0 saturated carbocycles. The largest absolute Gasteiger partial charge is 1.00 e. The van der Waals surface area contributed by atoms with Crippen LogP contribution in [0.15, 0.2) is 0 Å². The minimum Gasteiger partial charge on any atom is -0.748 e. The topological polar surface area (TPSA) is 112 Å². The smallest absolute Gasteiger partial charge is 0.748 e. The third-order valence-electron chi connectivity index (χ3n) is 2.36. The molecule has 0 aliphatic rings. The molecule has 0 spiro atoms. The zero-order valence-electron chi connectivity index (χ0n) is 10.6. The number of hydrogen-bond donors (Lipinski definition) is 0. The quantitative estimate of drug-likeness (QED) is 0.299. The number of nitrogens with zero attached hydrogens (tertiary/aromatic N) is 1. The van der Waals surface area contributed by atoms with Crippen LogP contribution in [0.4, 0.5) is 0 Å². The number of unbranched alkanes of at least 4 members (excludes halogenated alkanes) is 4. The van der Waals surface area contributed by atoms with Crippen LogP contribution in [-0.2, 0) is 10.1 Å². The van der Waals surface area contributed by atoms with Gasteiger partial charge in [0.05, 0.1) is 27.9 Å². The summed E-state index contributed by atoms with van der Waals surface area (Å²) in [5, 5.41) is 7.38. The summed E-state index contributed by atoms with van der Waals surface area (Å²) in [5.41, 5.74) is 0. The van der Waals surface area contributed by atoms with E-state index in [0.717, 1.165) is 25.7 Å². The van der Waals surface area contributed by atoms with Gasteiger partial charge in [0.2, 0.25) is 0 Å².